The molecule has 0 fully saturated rings. The Bertz CT molecular complexity index is 879. The highest BCUT2D eigenvalue weighted by Gasteiger charge is 2.34. The van der Waals surface area contributed by atoms with Gasteiger partial charge in [0.25, 0.3) is 0 Å². The van der Waals surface area contributed by atoms with Crippen LogP contribution in [0.2, 0.25) is 10.0 Å². The van der Waals surface area contributed by atoms with Gasteiger partial charge < -0.3 is 20.7 Å². The number of hydrogen-bond donors (Lipinski definition) is 2. The zero-order valence-electron chi connectivity index (χ0n) is 15.2. The van der Waals surface area contributed by atoms with Gasteiger partial charge in [-0.15, -0.1) is 0 Å². The molecule has 0 saturated heterocycles. The number of methoxy groups -OCH3 is 1. The number of amides is 1. The molecular weight excluding hydrogens is 419 g/mol. The zero-order valence-corrected chi connectivity index (χ0v) is 17.5. The minimum atomic E-state index is -0.387. The Balaban J connectivity index is 1.97. The Labute approximate surface area is 178 Å². The number of carbonyl (C=O) groups excluding carboxylic acids is 1. The van der Waals surface area contributed by atoms with E-state index in [0.717, 1.165) is 16.2 Å². The molecular formula is C19H20Cl2N4O2S. The van der Waals surface area contributed by atoms with Crippen molar-refractivity contribution < 1.29 is 9.53 Å². The summed E-state index contributed by atoms with van der Waals surface area (Å²) >= 11 is 14.0. The van der Waals surface area contributed by atoms with Gasteiger partial charge in [-0.1, -0.05) is 35.0 Å². The van der Waals surface area contributed by atoms with Crippen molar-refractivity contribution in [2.75, 3.05) is 25.6 Å². The van der Waals surface area contributed by atoms with Gasteiger partial charge in [0.15, 0.2) is 5.50 Å². The summed E-state index contributed by atoms with van der Waals surface area (Å²) in [6.07, 6.45) is 3.59. The van der Waals surface area contributed by atoms with Crippen LogP contribution in [0.5, 0.6) is 0 Å². The molecule has 3 N–H and O–H groups in total. The Kier molecular flexibility index (Phi) is 7.07. The third kappa shape index (κ3) is 4.91. The minimum Gasteiger partial charge on any atom is -0.383 e. The molecule has 1 amide bonds. The van der Waals surface area contributed by atoms with E-state index in [1.165, 1.54) is 11.8 Å². The lowest BCUT2D eigenvalue weighted by Gasteiger charge is -2.30. The third-order valence-corrected chi connectivity index (χ3v) is 5.90. The number of rotatable bonds is 8. The fourth-order valence-corrected chi connectivity index (χ4v) is 4.63. The van der Waals surface area contributed by atoms with E-state index in [1.807, 2.05) is 12.1 Å². The first-order valence-corrected chi connectivity index (χ1v) is 10.2. The molecule has 0 saturated carbocycles. The molecule has 1 aliphatic rings. The average molecular weight is 439 g/mol. The maximum Gasteiger partial charge on any atom is 0.222 e. The van der Waals surface area contributed by atoms with Gasteiger partial charge in [0.1, 0.15) is 0 Å². The highest BCUT2D eigenvalue weighted by atomic mass is 35.5. The molecule has 9 heteroatoms. The Morgan fingerprint density at radius 2 is 2.07 bits per heavy atom. The van der Waals surface area contributed by atoms with Crippen molar-refractivity contribution in [3.05, 3.63) is 63.2 Å². The second-order valence-electron chi connectivity index (χ2n) is 6.08. The van der Waals surface area contributed by atoms with Crippen LogP contribution < -0.4 is 11.1 Å². The van der Waals surface area contributed by atoms with Crippen LogP contribution in [0.25, 0.3) is 5.70 Å². The van der Waals surface area contributed by atoms with Crippen LogP contribution in [0.1, 0.15) is 12.0 Å². The van der Waals surface area contributed by atoms with Gasteiger partial charge in [0.05, 0.1) is 29.4 Å². The quantitative estimate of drug-likeness (QED) is 0.647. The first-order chi connectivity index (χ1) is 13.5. The standard InChI is InChI=1S/C19H20Cl2N4O2S/c1-27-9-8-25-18(12-4-6-23-7-5-12)16(11-17(22)26)28-19(25)24-15-10-13(20)2-3-14(15)21/h2-7,10,19,24H,8-9,11H2,1H3,(H2,22,26). The van der Waals surface area contributed by atoms with E-state index < -0.39 is 0 Å². The molecule has 6 nitrogen and oxygen atoms in total. The molecule has 2 aromatic rings. The second kappa shape index (κ2) is 9.52. The monoisotopic (exact) mass is 438 g/mol. The van der Waals surface area contributed by atoms with Crippen LogP contribution in [0.4, 0.5) is 5.69 Å². The summed E-state index contributed by atoms with van der Waals surface area (Å²) in [4.78, 5) is 18.8. The number of nitrogens with zero attached hydrogens (tertiary/aromatic N) is 2. The number of thioether (sulfide) groups is 1. The summed E-state index contributed by atoms with van der Waals surface area (Å²) in [5.74, 6) is -0.387. The summed E-state index contributed by atoms with van der Waals surface area (Å²) < 4.78 is 5.29. The van der Waals surface area contributed by atoms with Crippen LogP contribution in [-0.4, -0.2) is 41.6 Å². The zero-order chi connectivity index (χ0) is 20.1. The number of hydrogen-bond acceptors (Lipinski definition) is 6. The molecule has 1 aromatic heterocycles. The van der Waals surface area contributed by atoms with Crippen LogP contribution >= 0.6 is 35.0 Å². The molecule has 28 heavy (non-hydrogen) atoms. The number of pyridine rings is 1. The number of anilines is 1. The molecule has 1 aliphatic heterocycles. The number of primary amides is 1. The van der Waals surface area contributed by atoms with Crippen molar-refractivity contribution in [1.29, 1.82) is 0 Å². The lowest BCUT2D eigenvalue weighted by molar-refractivity contribution is -0.117. The lowest BCUT2D eigenvalue weighted by atomic mass is 10.1. The van der Waals surface area contributed by atoms with Crippen molar-refractivity contribution in [2.45, 2.75) is 11.9 Å². The average Bonchev–Trinajstić information content (AvgIpc) is 2.99. The number of nitrogens with one attached hydrogen (secondary N) is 1. The van der Waals surface area contributed by atoms with E-state index in [-0.39, 0.29) is 17.8 Å². The highest BCUT2D eigenvalue weighted by molar-refractivity contribution is 8.04. The molecule has 2 heterocycles. The third-order valence-electron chi connectivity index (χ3n) is 4.12. The molecule has 1 atom stereocenters. The van der Waals surface area contributed by atoms with E-state index >= 15 is 0 Å². The fourth-order valence-electron chi connectivity index (χ4n) is 2.92. The van der Waals surface area contributed by atoms with Gasteiger partial charge in [-0.2, -0.15) is 0 Å². The predicted molar refractivity (Wildman–Crippen MR) is 115 cm³/mol. The molecule has 0 bridgehead atoms. The van der Waals surface area contributed by atoms with Crippen LogP contribution in [0.15, 0.2) is 47.6 Å². The molecule has 1 unspecified atom stereocenters. The molecule has 1 aromatic carbocycles. The lowest BCUT2D eigenvalue weighted by Crippen LogP contribution is -2.36. The topological polar surface area (TPSA) is 80.5 Å². The summed E-state index contributed by atoms with van der Waals surface area (Å²) in [5, 5.41) is 4.56. The van der Waals surface area contributed by atoms with E-state index in [1.54, 1.807) is 37.7 Å². The molecule has 0 spiro atoms. The van der Waals surface area contributed by atoms with E-state index in [4.69, 9.17) is 33.7 Å². The fraction of sp³-hybridized carbons (Fsp3) is 0.263. The summed E-state index contributed by atoms with van der Waals surface area (Å²) in [6.45, 7) is 1.12. The van der Waals surface area contributed by atoms with Crippen molar-refractivity contribution in [3.63, 3.8) is 0 Å². The van der Waals surface area contributed by atoms with Crippen molar-refractivity contribution in [1.82, 2.24) is 9.88 Å². The largest absolute Gasteiger partial charge is 0.383 e. The molecule has 0 aliphatic carbocycles. The van der Waals surface area contributed by atoms with Crippen molar-refractivity contribution >= 4 is 52.3 Å². The van der Waals surface area contributed by atoms with Gasteiger partial charge in [0.2, 0.25) is 5.91 Å². The first kappa shape index (κ1) is 20.8. The molecule has 148 valence electrons. The number of carbonyl (C=O) groups is 1. The normalized spacial score (nSPS) is 16.5. The summed E-state index contributed by atoms with van der Waals surface area (Å²) in [6, 6.07) is 9.07. The molecule has 3 rings (SSSR count). The number of aromatic nitrogens is 1. The number of ether oxygens (including phenoxy) is 1. The molecule has 0 radical (unpaired) electrons. The van der Waals surface area contributed by atoms with Gasteiger partial charge >= 0.3 is 0 Å². The summed E-state index contributed by atoms with van der Waals surface area (Å²) in [7, 11) is 1.65. The Hall–Kier alpha value is -1.93. The minimum absolute atomic E-state index is 0.146. The van der Waals surface area contributed by atoms with Crippen LogP contribution in [0, 0.1) is 0 Å². The Morgan fingerprint density at radius 1 is 1.32 bits per heavy atom. The highest BCUT2D eigenvalue weighted by Crippen LogP contribution is 2.45. The summed E-state index contributed by atoms with van der Waals surface area (Å²) in [5.41, 5.74) is 7.89. The van der Waals surface area contributed by atoms with E-state index in [0.29, 0.717) is 28.9 Å². The van der Waals surface area contributed by atoms with Gasteiger partial charge in [-0.25, -0.2) is 0 Å². The maximum atomic E-state index is 11.7. The van der Waals surface area contributed by atoms with Gasteiger partial charge in [-0.05, 0) is 30.3 Å². The number of nitrogens with two attached hydrogens (primary N) is 1. The predicted octanol–water partition coefficient (Wildman–Crippen LogP) is 4.02. The van der Waals surface area contributed by atoms with Gasteiger partial charge in [0, 0.05) is 41.5 Å². The van der Waals surface area contributed by atoms with Gasteiger partial charge in [-0.3, -0.25) is 9.78 Å². The van der Waals surface area contributed by atoms with Crippen molar-refractivity contribution in [2.24, 2.45) is 5.73 Å². The SMILES string of the molecule is COCCN1C(c2ccncc2)=C(CC(N)=O)SC1Nc1cc(Cl)ccc1Cl. The maximum absolute atomic E-state index is 11.7. The first-order valence-electron chi connectivity index (χ1n) is 8.55. The van der Waals surface area contributed by atoms with Crippen molar-refractivity contribution in [3.8, 4) is 0 Å². The van der Waals surface area contributed by atoms with E-state index in [2.05, 4.69) is 15.2 Å². The second-order valence-corrected chi connectivity index (χ2v) is 8.09. The smallest absolute Gasteiger partial charge is 0.222 e. The van der Waals surface area contributed by atoms with Crippen LogP contribution in [0.3, 0.4) is 0 Å². The number of benzene rings is 1. The number of halogens is 2. The Morgan fingerprint density at radius 3 is 2.75 bits per heavy atom. The van der Waals surface area contributed by atoms with Crippen LogP contribution in [-0.2, 0) is 9.53 Å². The van der Waals surface area contributed by atoms with E-state index in [9.17, 15) is 4.79 Å².